The van der Waals surface area contributed by atoms with Crippen LogP contribution >= 0.6 is 0 Å². The van der Waals surface area contributed by atoms with Crippen LogP contribution in [0, 0.1) is 23.0 Å². The average Bonchev–Trinajstić information content (AvgIpc) is 3.04. The van der Waals surface area contributed by atoms with E-state index in [0.29, 0.717) is 13.0 Å². The predicted octanol–water partition coefficient (Wildman–Crippen LogP) is 2.32. The summed E-state index contributed by atoms with van der Waals surface area (Å²) >= 11 is 0. The van der Waals surface area contributed by atoms with Gasteiger partial charge in [-0.15, -0.1) is 0 Å². The standard InChI is InChI=1S/C16H19F2N3O3/c1-9(13-11(17)5-19-6-12(13)18)20-15(24)21-7-10-3-2-4-16(10,8-21)14(22)23/h5-6,9-10H,2-4,7-8H2,1H3,(H,20,24)(H,22,23)/t9?,10-,16+/m0/s1. The Hall–Kier alpha value is -2.25. The Balaban J connectivity index is 1.71. The second kappa shape index (κ2) is 5.99. The molecule has 0 bridgehead atoms. The third-order valence-electron chi connectivity index (χ3n) is 5.25. The summed E-state index contributed by atoms with van der Waals surface area (Å²) in [5, 5.41) is 12.1. The van der Waals surface area contributed by atoms with Crippen LogP contribution in [0.5, 0.6) is 0 Å². The summed E-state index contributed by atoms with van der Waals surface area (Å²) in [6, 6.07) is -1.39. The highest BCUT2D eigenvalue weighted by atomic mass is 19.1. The van der Waals surface area contributed by atoms with Crippen molar-refractivity contribution in [3.63, 3.8) is 0 Å². The lowest BCUT2D eigenvalue weighted by Crippen LogP contribution is -2.42. The highest BCUT2D eigenvalue weighted by Crippen LogP contribution is 2.48. The molecule has 24 heavy (non-hydrogen) atoms. The largest absolute Gasteiger partial charge is 0.481 e. The SMILES string of the molecule is CC(NC(=O)N1C[C@@H]2CCC[C@@]2(C(=O)O)C1)c1c(F)cncc1F. The van der Waals surface area contributed by atoms with Gasteiger partial charge >= 0.3 is 12.0 Å². The third-order valence-corrected chi connectivity index (χ3v) is 5.25. The normalized spacial score (nSPS) is 27.0. The van der Waals surface area contributed by atoms with Crippen molar-refractivity contribution >= 4 is 12.0 Å². The fourth-order valence-electron chi connectivity index (χ4n) is 3.98. The number of aromatic nitrogens is 1. The minimum Gasteiger partial charge on any atom is -0.481 e. The highest BCUT2D eigenvalue weighted by Gasteiger charge is 2.55. The molecule has 6 nitrogen and oxygen atoms in total. The molecule has 0 spiro atoms. The first-order valence-corrected chi connectivity index (χ1v) is 7.93. The molecule has 1 aromatic rings. The van der Waals surface area contributed by atoms with Crippen LogP contribution in [0.15, 0.2) is 12.4 Å². The topological polar surface area (TPSA) is 82.5 Å². The third kappa shape index (κ3) is 2.59. The average molecular weight is 339 g/mol. The maximum atomic E-state index is 13.7. The fraction of sp³-hybridized carbons (Fsp3) is 0.562. The molecule has 2 fully saturated rings. The van der Waals surface area contributed by atoms with Crippen LogP contribution in [0.4, 0.5) is 13.6 Å². The molecule has 1 unspecified atom stereocenters. The predicted molar refractivity (Wildman–Crippen MR) is 80.1 cm³/mol. The van der Waals surface area contributed by atoms with Crippen molar-refractivity contribution < 1.29 is 23.5 Å². The second-order valence-electron chi connectivity index (χ2n) is 6.62. The number of carbonyl (C=O) groups excluding carboxylic acids is 1. The van der Waals surface area contributed by atoms with Gasteiger partial charge in [0.2, 0.25) is 0 Å². The molecule has 1 saturated carbocycles. The maximum Gasteiger partial charge on any atom is 0.317 e. The van der Waals surface area contributed by atoms with Gasteiger partial charge in [0.25, 0.3) is 0 Å². The molecule has 0 aromatic carbocycles. The minimum absolute atomic E-state index is 0.0644. The van der Waals surface area contributed by atoms with Crippen LogP contribution in [0.3, 0.4) is 0 Å². The lowest BCUT2D eigenvalue weighted by atomic mass is 9.81. The first kappa shape index (κ1) is 16.6. The number of pyridine rings is 1. The van der Waals surface area contributed by atoms with Crippen LogP contribution in [0.2, 0.25) is 0 Å². The second-order valence-corrected chi connectivity index (χ2v) is 6.62. The van der Waals surface area contributed by atoms with Crippen molar-refractivity contribution in [1.29, 1.82) is 0 Å². The van der Waals surface area contributed by atoms with Gasteiger partial charge < -0.3 is 15.3 Å². The van der Waals surface area contributed by atoms with E-state index in [4.69, 9.17) is 0 Å². The first-order valence-electron chi connectivity index (χ1n) is 7.93. The Labute approximate surface area is 137 Å². The van der Waals surface area contributed by atoms with Gasteiger partial charge in [-0.05, 0) is 25.7 Å². The molecule has 3 rings (SSSR count). The summed E-state index contributed by atoms with van der Waals surface area (Å²) in [4.78, 5) is 28.9. The number of halogens is 2. The minimum atomic E-state index is -0.887. The molecule has 1 aliphatic heterocycles. The first-order chi connectivity index (χ1) is 11.3. The van der Waals surface area contributed by atoms with E-state index in [0.717, 1.165) is 25.2 Å². The van der Waals surface area contributed by atoms with Gasteiger partial charge in [-0.3, -0.25) is 9.78 Å². The van der Waals surface area contributed by atoms with E-state index in [2.05, 4.69) is 10.3 Å². The number of rotatable bonds is 3. The molecule has 8 heteroatoms. The van der Waals surface area contributed by atoms with Crippen molar-refractivity contribution in [1.82, 2.24) is 15.2 Å². The zero-order chi connectivity index (χ0) is 17.5. The number of carboxylic acids is 1. The maximum absolute atomic E-state index is 13.7. The Morgan fingerprint density at radius 3 is 2.67 bits per heavy atom. The van der Waals surface area contributed by atoms with E-state index >= 15 is 0 Å². The Kier molecular flexibility index (Phi) is 4.15. The molecule has 1 aromatic heterocycles. The molecule has 1 saturated heterocycles. The van der Waals surface area contributed by atoms with Gasteiger partial charge in [0.1, 0.15) is 11.6 Å². The zero-order valence-corrected chi connectivity index (χ0v) is 13.3. The Morgan fingerprint density at radius 2 is 2.08 bits per heavy atom. The van der Waals surface area contributed by atoms with Gasteiger partial charge in [-0.2, -0.15) is 0 Å². The number of likely N-dealkylation sites (tertiary alicyclic amines) is 1. The summed E-state index contributed by atoms with van der Waals surface area (Å²) in [5.41, 5.74) is -1.14. The Morgan fingerprint density at radius 1 is 1.42 bits per heavy atom. The number of amides is 2. The molecule has 0 radical (unpaired) electrons. The van der Waals surface area contributed by atoms with Gasteiger partial charge in [0.15, 0.2) is 0 Å². The summed E-state index contributed by atoms with van der Waals surface area (Å²) < 4.78 is 27.5. The molecular formula is C16H19F2N3O3. The van der Waals surface area contributed by atoms with Crippen LogP contribution in [0.25, 0.3) is 0 Å². The molecule has 2 heterocycles. The van der Waals surface area contributed by atoms with Gasteiger partial charge in [0.05, 0.1) is 23.9 Å². The van der Waals surface area contributed by atoms with Crippen molar-refractivity contribution in [2.24, 2.45) is 11.3 Å². The number of hydrogen-bond donors (Lipinski definition) is 2. The number of hydrogen-bond acceptors (Lipinski definition) is 3. The van der Waals surface area contributed by atoms with Crippen LogP contribution in [-0.4, -0.2) is 40.1 Å². The van der Waals surface area contributed by atoms with Crippen molar-refractivity contribution in [2.75, 3.05) is 13.1 Å². The zero-order valence-electron chi connectivity index (χ0n) is 13.3. The Bertz CT molecular complexity index is 664. The molecule has 2 aliphatic rings. The van der Waals surface area contributed by atoms with Crippen LogP contribution in [0.1, 0.15) is 37.8 Å². The number of nitrogens with one attached hydrogen (secondary N) is 1. The molecule has 1 aliphatic carbocycles. The molecule has 2 amide bonds. The highest BCUT2D eigenvalue weighted by molar-refractivity contribution is 5.80. The van der Waals surface area contributed by atoms with Gasteiger partial charge in [0, 0.05) is 18.7 Å². The summed E-state index contributed by atoms with van der Waals surface area (Å²) in [5.74, 6) is -2.60. The molecule has 2 N–H and O–H groups in total. The van der Waals surface area contributed by atoms with E-state index < -0.39 is 35.1 Å². The lowest BCUT2D eigenvalue weighted by molar-refractivity contribution is -0.149. The number of carbonyl (C=O) groups is 2. The smallest absolute Gasteiger partial charge is 0.317 e. The van der Waals surface area contributed by atoms with E-state index in [1.165, 1.54) is 11.8 Å². The van der Waals surface area contributed by atoms with Crippen molar-refractivity contribution in [2.45, 2.75) is 32.2 Å². The van der Waals surface area contributed by atoms with E-state index in [9.17, 15) is 23.5 Å². The van der Waals surface area contributed by atoms with Crippen molar-refractivity contribution in [3.8, 4) is 0 Å². The number of aliphatic carboxylic acids is 1. The van der Waals surface area contributed by atoms with Crippen LogP contribution < -0.4 is 5.32 Å². The molecule has 3 atom stereocenters. The lowest BCUT2D eigenvalue weighted by Gasteiger charge is -2.24. The monoisotopic (exact) mass is 339 g/mol. The summed E-state index contributed by atoms with van der Waals surface area (Å²) in [6.45, 7) is 1.96. The van der Waals surface area contributed by atoms with Crippen molar-refractivity contribution in [3.05, 3.63) is 29.6 Å². The van der Waals surface area contributed by atoms with E-state index in [1.807, 2.05) is 0 Å². The number of fused-ring (bicyclic) bond motifs is 1. The van der Waals surface area contributed by atoms with Crippen LogP contribution in [-0.2, 0) is 4.79 Å². The van der Waals surface area contributed by atoms with E-state index in [-0.39, 0.29) is 18.0 Å². The fourth-order valence-corrected chi connectivity index (χ4v) is 3.98. The summed E-state index contributed by atoms with van der Waals surface area (Å²) in [6.07, 6.45) is 3.96. The number of urea groups is 1. The summed E-state index contributed by atoms with van der Waals surface area (Å²) in [7, 11) is 0. The van der Waals surface area contributed by atoms with Gasteiger partial charge in [-0.25, -0.2) is 13.6 Å². The quantitative estimate of drug-likeness (QED) is 0.885. The molecule has 130 valence electrons. The van der Waals surface area contributed by atoms with E-state index in [1.54, 1.807) is 0 Å². The van der Waals surface area contributed by atoms with Gasteiger partial charge in [-0.1, -0.05) is 6.42 Å². The molecular weight excluding hydrogens is 320 g/mol. The number of nitrogens with zero attached hydrogens (tertiary/aromatic N) is 2. The number of carboxylic acid groups (broad SMARTS) is 1.